The molecular weight excluding hydrogens is 471 g/mol. The van der Waals surface area contributed by atoms with Crippen LogP contribution in [0.1, 0.15) is 33.7 Å². The van der Waals surface area contributed by atoms with Crippen LogP contribution in [0.5, 0.6) is 11.5 Å². The summed E-state index contributed by atoms with van der Waals surface area (Å²) in [5.41, 5.74) is 0.0257. The summed E-state index contributed by atoms with van der Waals surface area (Å²) in [5.74, 6) is -0.462. The smallest absolute Gasteiger partial charge is 0.286 e. The molecule has 0 aliphatic carbocycles. The molecule has 1 aliphatic rings. The highest BCUT2D eigenvalue weighted by molar-refractivity contribution is 7.89. The summed E-state index contributed by atoms with van der Waals surface area (Å²) in [7, 11) is -0.969. The number of amides is 1. The van der Waals surface area contributed by atoms with E-state index in [9.17, 15) is 17.6 Å². The first-order valence-electron chi connectivity index (χ1n) is 9.98. The van der Waals surface area contributed by atoms with Crippen molar-refractivity contribution in [3.63, 3.8) is 0 Å². The van der Waals surface area contributed by atoms with Crippen molar-refractivity contribution in [3.05, 3.63) is 58.3 Å². The SMILES string of the molecule is COc1ccc(S(=O)(=O)N2CCCC2c2nnc(C(=O)Nc3ccccc3F)s2)cc1OC. The second-order valence-corrected chi connectivity index (χ2v) is 10.1. The van der Waals surface area contributed by atoms with Crippen LogP contribution in [0.2, 0.25) is 0 Å². The van der Waals surface area contributed by atoms with Crippen molar-refractivity contribution in [2.24, 2.45) is 0 Å². The molecular formula is C21H21FN4O5S2. The average Bonchev–Trinajstić information content (AvgIpc) is 3.50. The number of anilines is 1. The third-order valence-corrected chi connectivity index (χ3v) is 8.13. The fourth-order valence-corrected chi connectivity index (χ4v) is 6.22. The lowest BCUT2D eigenvalue weighted by Gasteiger charge is -2.22. The number of hydrogen-bond donors (Lipinski definition) is 1. The molecule has 2 heterocycles. The van der Waals surface area contributed by atoms with Gasteiger partial charge in [0.25, 0.3) is 5.91 Å². The van der Waals surface area contributed by atoms with Gasteiger partial charge < -0.3 is 14.8 Å². The van der Waals surface area contributed by atoms with Gasteiger partial charge in [-0.1, -0.05) is 23.5 Å². The van der Waals surface area contributed by atoms with E-state index in [0.717, 1.165) is 11.3 Å². The topological polar surface area (TPSA) is 111 Å². The van der Waals surface area contributed by atoms with Crippen LogP contribution >= 0.6 is 11.3 Å². The van der Waals surface area contributed by atoms with Crippen molar-refractivity contribution < 1.29 is 27.1 Å². The van der Waals surface area contributed by atoms with Gasteiger partial charge in [0.05, 0.1) is 30.8 Å². The molecule has 9 nitrogen and oxygen atoms in total. The number of halogens is 1. The zero-order valence-electron chi connectivity index (χ0n) is 17.8. The molecule has 12 heteroatoms. The molecule has 1 aliphatic heterocycles. The van der Waals surface area contributed by atoms with Crippen molar-refractivity contribution in [3.8, 4) is 11.5 Å². The summed E-state index contributed by atoms with van der Waals surface area (Å²) in [6.45, 7) is 0.303. The van der Waals surface area contributed by atoms with Crippen molar-refractivity contribution in [1.82, 2.24) is 14.5 Å². The summed E-state index contributed by atoms with van der Waals surface area (Å²) in [5, 5.41) is 10.8. The number of benzene rings is 2. The highest BCUT2D eigenvalue weighted by Gasteiger charge is 2.39. The number of para-hydroxylation sites is 1. The first-order valence-corrected chi connectivity index (χ1v) is 12.2. The van der Waals surface area contributed by atoms with Gasteiger partial charge in [-0.25, -0.2) is 12.8 Å². The zero-order chi connectivity index (χ0) is 23.6. The van der Waals surface area contributed by atoms with Gasteiger partial charge in [0.2, 0.25) is 15.0 Å². The maximum atomic E-state index is 13.8. The van der Waals surface area contributed by atoms with Crippen LogP contribution in [0.4, 0.5) is 10.1 Å². The van der Waals surface area contributed by atoms with E-state index in [1.807, 2.05) is 0 Å². The molecule has 1 N–H and O–H groups in total. The Morgan fingerprint density at radius 2 is 1.91 bits per heavy atom. The highest BCUT2D eigenvalue weighted by Crippen LogP contribution is 2.39. The van der Waals surface area contributed by atoms with Crippen molar-refractivity contribution >= 4 is 33.0 Å². The minimum absolute atomic E-state index is 0.0172. The molecule has 33 heavy (non-hydrogen) atoms. The highest BCUT2D eigenvalue weighted by atomic mass is 32.2. The number of hydrogen-bond acceptors (Lipinski definition) is 8. The molecule has 0 spiro atoms. The minimum Gasteiger partial charge on any atom is -0.493 e. The number of carbonyl (C=O) groups is 1. The number of aromatic nitrogens is 2. The van der Waals surface area contributed by atoms with Crippen LogP contribution in [-0.2, 0) is 10.0 Å². The van der Waals surface area contributed by atoms with Crippen LogP contribution in [0.3, 0.4) is 0 Å². The minimum atomic E-state index is -3.87. The number of ether oxygens (including phenoxy) is 2. The molecule has 1 fully saturated rings. The molecule has 174 valence electrons. The number of carbonyl (C=O) groups excluding carboxylic acids is 1. The summed E-state index contributed by atoms with van der Waals surface area (Å²) in [4.78, 5) is 12.6. The lowest BCUT2D eigenvalue weighted by Crippen LogP contribution is -2.30. The molecule has 2 aromatic carbocycles. The van der Waals surface area contributed by atoms with E-state index in [2.05, 4.69) is 15.5 Å². The Balaban J connectivity index is 1.57. The Kier molecular flexibility index (Phi) is 6.58. The lowest BCUT2D eigenvalue weighted by molar-refractivity contribution is 0.102. The van der Waals surface area contributed by atoms with Crippen molar-refractivity contribution in [2.75, 3.05) is 26.1 Å². The third kappa shape index (κ3) is 4.54. The monoisotopic (exact) mass is 492 g/mol. The first-order chi connectivity index (χ1) is 15.8. The number of sulfonamides is 1. The molecule has 4 rings (SSSR count). The van der Waals surface area contributed by atoms with E-state index in [4.69, 9.17) is 9.47 Å². The van der Waals surface area contributed by atoms with Gasteiger partial charge in [-0.15, -0.1) is 10.2 Å². The zero-order valence-corrected chi connectivity index (χ0v) is 19.5. The van der Waals surface area contributed by atoms with E-state index in [-0.39, 0.29) is 15.6 Å². The number of methoxy groups -OCH3 is 2. The van der Waals surface area contributed by atoms with Crippen molar-refractivity contribution in [1.29, 1.82) is 0 Å². The van der Waals surface area contributed by atoms with Crippen LogP contribution < -0.4 is 14.8 Å². The molecule has 3 aromatic rings. The van der Waals surface area contributed by atoms with Crippen LogP contribution in [0.15, 0.2) is 47.4 Å². The molecule has 0 bridgehead atoms. The lowest BCUT2D eigenvalue weighted by atomic mass is 10.2. The molecule has 1 atom stereocenters. The fraction of sp³-hybridized carbons (Fsp3) is 0.286. The molecule has 1 aromatic heterocycles. The molecule has 1 unspecified atom stereocenters. The summed E-state index contributed by atoms with van der Waals surface area (Å²) >= 11 is 0.985. The van der Waals surface area contributed by atoms with Gasteiger partial charge in [-0.05, 0) is 37.1 Å². The Morgan fingerprint density at radius 1 is 1.15 bits per heavy atom. The maximum absolute atomic E-state index is 13.8. The molecule has 1 amide bonds. The largest absolute Gasteiger partial charge is 0.493 e. The van der Waals surface area contributed by atoms with E-state index < -0.39 is 27.8 Å². The van der Waals surface area contributed by atoms with E-state index in [1.54, 1.807) is 6.07 Å². The predicted octanol–water partition coefficient (Wildman–Crippen LogP) is 3.47. The Labute approximate surface area is 194 Å². The second kappa shape index (κ2) is 9.41. The van der Waals surface area contributed by atoms with Gasteiger partial charge >= 0.3 is 0 Å². The van der Waals surface area contributed by atoms with Crippen LogP contribution in [0.25, 0.3) is 0 Å². The number of rotatable bonds is 7. The first kappa shape index (κ1) is 23.1. The number of nitrogens with zero attached hydrogens (tertiary/aromatic N) is 3. The van der Waals surface area contributed by atoms with Crippen molar-refractivity contribution in [2.45, 2.75) is 23.8 Å². The predicted molar refractivity (Wildman–Crippen MR) is 120 cm³/mol. The van der Waals surface area contributed by atoms with Gasteiger partial charge in [-0.3, -0.25) is 4.79 Å². The van der Waals surface area contributed by atoms with Gasteiger partial charge in [0.15, 0.2) is 11.5 Å². The number of nitrogens with one attached hydrogen (secondary N) is 1. The molecule has 0 saturated carbocycles. The Hall–Kier alpha value is -3.09. The van der Waals surface area contributed by atoms with Crippen LogP contribution in [-0.4, -0.2) is 49.6 Å². The van der Waals surface area contributed by atoms with Gasteiger partial charge in [0.1, 0.15) is 10.8 Å². The average molecular weight is 493 g/mol. The van der Waals surface area contributed by atoms with Gasteiger partial charge in [-0.2, -0.15) is 4.31 Å². The summed E-state index contributed by atoms with van der Waals surface area (Å²) < 4.78 is 52.3. The fourth-order valence-electron chi connectivity index (χ4n) is 3.59. The van der Waals surface area contributed by atoms with E-state index in [0.29, 0.717) is 35.9 Å². The normalized spacial score (nSPS) is 16.5. The Morgan fingerprint density at radius 3 is 2.64 bits per heavy atom. The maximum Gasteiger partial charge on any atom is 0.286 e. The standard InChI is InChI=1S/C21H21FN4O5S2/c1-30-17-10-9-13(12-18(17)31-2)33(28,29)26-11-5-8-16(26)20-24-25-21(32-20)19(27)23-15-7-4-3-6-14(15)22/h3-4,6-7,9-10,12,16H,5,8,11H2,1-2H3,(H,23,27). The van der Waals surface area contributed by atoms with Crippen LogP contribution in [0, 0.1) is 5.82 Å². The molecule has 0 radical (unpaired) electrons. The van der Waals surface area contributed by atoms with Gasteiger partial charge in [0, 0.05) is 12.6 Å². The quantitative estimate of drug-likeness (QED) is 0.538. The molecule has 1 saturated heterocycles. The van der Waals surface area contributed by atoms with E-state index in [1.165, 1.54) is 54.9 Å². The summed E-state index contributed by atoms with van der Waals surface area (Å²) in [6, 6.07) is 9.63. The second-order valence-electron chi connectivity index (χ2n) is 7.17. The Bertz CT molecular complexity index is 1280. The van der Waals surface area contributed by atoms with E-state index >= 15 is 0 Å². The third-order valence-electron chi connectivity index (χ3n) is 5.21. The summed E-state index contributed by atoms with van der Waals surface area (Å²) in [6.07, 6.45) is 1.17.